The van der Waals surface area contributed by atoms with Gasteiger partial charge in [0, 0.05) is 6.54 Å². The number of benzene rings is 1. The average Bonchev–Trinajstić information content (AvgIpc) is 2.29. The minimum absolute atomic E-state index is 0.123. The number of nitrogens with two attached hydrogens (primary N) is 1. The van der Waals surface area contributed by atoms with E-state index in [1.165, 1.54) is 6.07 Å². The standard InChI is InChI=1S/C14H17FN2OS/c15-11-5-2-1-4-10(11)6-9-17-13(18)14(12(16)19)7-3-8-14/h1-2,4-5H,3,6-9H2,(H2,16,19)(H,17,18). The summed E-state index contributed by atoms with van der Waals surface area (Å²) in [5.74, 6) is -0.368. The van der Waals surface area contributed by atoms with Crippen LogP contribution in [0.25, 0.3) is 0 Å². The second kappa shape index (κ2) is 5.65. The zero-order valence-electron chi connectivity index (χ0n) is 10.6. The second-order valence-corrected chi connectivity index (χ2v) is 5.34. The van der Waals surface area contributed by atoms with E-state index in [9.17, 15) is 9.18 Å². The molecule has 2 rings (SSSR count). The Hall–Kier alpha value is -1.49. The Morgan fingerprint density at radius 1 is 1.42 bits per heavy atom. The molecule has 1 aliphatic rings. The minimum atomic E-state index is -0.662. The molecule has 19 heavy (non-hydrogen) atoms. The Morgan fingerprint density at radius 2 is 2.11 bits per heavy atom. The summed E-state index contributed by atoms with van der Waals surface area (Å²) in [6.07, 6.45) is 2.87. The van der Waals surface area contributed by atoms with Crippen LogP contribution in [0.15, 0.2) is 24.3 Å². The molecule has 0 unspecified atom stereocenters. The second-order valence-electron chi connectivity index (χ2n) is 4.90. The van der Waals surface area contributed by atoms with Crippen molar-refractivity contribution in [3.05, 3.63) is 35.6 Å². The third-order valence-electron chi connectivity index (χ3n) is 3.75. The number of carbonyl (C=O) groups is 1. The largest absolute Gasteiger partial charge is 0.392 e. The van der Waals surface area contributed by atoms with Crippen molar-refractivity contribution in [1.82, 2.24) is 5.32 Å². The summed E-state index contributed by atoms with van der Waals surface area (Å²) in [7, 11) is 0. The van der Waals surface area contributed by atoms with Crippen LogP contribution in [-0.2, 0) is 11.2 Å². The van der Waals surface area contributed by atoms with Gasteiger partial charge in [-0.3, -0.25) is 4.79 Å². The lowest BCUT2D eigenvalue weighted by atomic mass is 9.68. The highest BCUT2D eigenvalue weighted by atomic mass is 32.1. The molecular weight excluding hydrogens is 263 g/mol. The average molecular weight is 280 g/mol. The smallest absolute Gasteiger partial charge is 0.233 e. The number of hydrogen-bond acceptors (Lipinski definition) is 2. The van der Waals surface area contributed by atoms with E-state index >= 15 is 0 Å². The van der Waals surface area contributed by atoms with E-state index in [4.69, 9.17) is 18.0 Å². The molecule has 0 spiro atoms. The summed E-state index contributed by atoms with van der Waals surface area (Å²) in [5.41, 5.74) is 5.59. The molecule has 1 aliphatic carbocycles. The lowest BCUT2D eigenvalue weighted by molar-refractivity contribution is -0.130. The molecule has 102 valence electrons. The van der Waals surface area contributed by atoms with Gasteiger partial charge in [-0.1, -0.05) is 36.8 Å². The Kier molecular flexibility index (Phi) is 4.14. The van der Waals surface area contributed by atoms with E-state index in [1.54, 1.807) is 18.2 Å². The Labute approximate surface area is 117 Å². The van der Waals surface area contributed by atoms with Crippen molar-refractivity contribution in [3.8, 4) is 0 Å². The first-order valence-electron chi connectivity index (χ1n) is 6.38. The number of rotatable bonds is 5. The Balaban J connectivity index is 1.88. The van der Waals surface area contributed by atoms with E-state index in [-0.39, 0.29) is 16.7 Å². The van der Waals surface area contributed by atoms with Crippen LogP contribution in [0.1, 0.15) is 24.8 Å². The molecule has 5 heteroatoms. The highest BCUT2D eigenvalue weighted by Gasteiger charge is 2.46. The van der Waals surface area contributed by atoms with Gasteiger partial charge in [-0.2, -0.15) is 0 Å². The van der Waals surface area contributed by atoms with Crippen LogP contribution in [0.3, 0.4) is 0 Å². The van der Waals surface area contributed by atoms with Crippen molar-refractivity contribution in [1.29, 1.82) is 0 Å². The van der Waals surface area contributed by atoms with Gasteiger partial charge in [0.2, 0.25) is 5.91 Å². The number of carbonyl (C=O) groups excluding carboxylic acids is 1. The SMILES string of the molecule is NC(=S)C1(C(=O)NCCc2ccccc2F)CCC1. The summed E-state index contributed by atoms with van der Waals surface area (Å²) in [6, 6.07) is 6.56. The minimum Gasteiger partial charge on any atom is -0.392 e. The third kappa shape index (κ3) is 2.76. The molecule has 1 aromatic rings. The molecular formula is C14H17FN2OS. The molecule has 1 aromatic carbocycles. The summed E-state index contributed by atoms with van der Waals surface area (Å²) in [5, 5.41) is 2.81. The Bertz CT molecular complexity index is 500. The zero-order valence-corrected chi connectivity index (χ0v) is 11.4. The topological polar surface area (TPSA) is 55.1 Å². The molecule has 0 heterocycles. The van der Waals surface area contributed by atoms with Gasteiger partial charge in [-0.25, -0.2) is 4.39 Å². The van der Waals surface area contributed by atoms with Crippen LogP contribution in [0.4, 0.5) is 4.39 Å². The van der Waals surface area contributed by atoms with Gasteiger partial charge in [0.1, 0.15) is 5.82 Å². The fraction of sp³-hybridized carbons (Fsp3) is 0.429. The van der Waals surface area contributed by atoms with Gasteiger partial charge in [-0.05, 0) is 30.9 Å². The molecule has 0 atom stereocenters. The molecule has 3 N–H and O–H groups in total. The number of thiocarbonyl (C=S) groups is 1. The van der Waals surface area contributed by atoms with Gasteiger partial charge >= 0.3 is 0 Å². The molecule has 3 nitrogen and oxygen atoms in total. The van der Waals surface area contributed by atoms with Gasteiger partial charge in [-0.15, -0.1) is 0 Å². The van der Waals surface area contributed by atoms with Crippen molar-refractivity contribution in [2.45, 2.75) is 25.7 Å². The van der Waals surface area contributed by atoms with Gasteiger partial charge in [0.25, 0.3) is 0 Å². The highest BCUT2D eigenvalue weighted by Crippen LogP contribution is 2.41. The fourth-order valence-corrected chi connectivity index (χ4v) is 2.59. The van der Waals surface area contributed by atoms with Crippen LogP contribution < -0.4 is 11.1 Å². The van der Waals surface area contributed by atoms with Crippen LogP contribution in [0, 0.1) is 11.2 Å². The van der Waals surface area contributed by atoms with Crippen molar-refractivity contribution < 1.29 is 9.18 Å². The summed E-state index contributed by atoms with van der Waals surface area (Å²) in [6.45, 7) is 0.393. The first kappa shape index (κ1) is 13.9. The summed E-state index contributed by atoms with van der Waals surface area (Å²) >= 11 is 4.98. The van der Waals surface area contributed by atoms with Gasteiger partial charge in [0.05, 0.1) is 10.4 Å². The third-order valence-corrected chi connectivity index (χ3v) is 4.14. The number of nitrogens with one attached hydrogen (secondary N) is 1. The maximum atomic E-state index is 13.4. The lowest BCUT2D eigenvalue weighted by Crippen LogP contribution is -2.53. The van der Waals surface area contributed by atoms with Gasteiger partial charge in [0.15, 0.2) is 0 Å². The van der Waals surface area contributed by atoms with Crippen LogP contribution in [-0.4, -0.2) is 17.4 Å². The van der Waals surface area contributed by atoms with Gasteiger partial charge < -0.3 is 11.1 Å². The Morgan fingerprint density at radius 3 is 2.63 bits per heavy atom. The first-order chi connectivity index (χ1) is 9.06. The summed E-state index contributed by atoms with van der Waals surface area (Å²) < 4.78 is 13.4. The molecule has 1 fully saturated rings. The predicted molar refractivity (Wildman–Crippen MR) is 76.2 cm³/mol. The first-order valence-corrected chi connectivity index (χ1v) is 6.79. The normalized spacial score (nSPS) is 16.5. The highest BCUT2D eigenvalue weighted by molar-refractivity contribution is 7.80. The van der Waals surface area contributed by atoms with Crippen molar-refractivity contribution in [3.63, 3.8) is 0 Å². The van der Waals surface area contributed by atoms with E-state index in [0.29, 0.717) is 31.4 Å². The molecule has 0 radical (unpaired) electrons. The van der Waals surface area contributed by atoms with E-state index in [1.807, 2.05) is 0 Å². The number of hydrogen-bond donors (Lipinski definition) is 2. The van der Waals surface area contributed by atoms with E-state index in [2.05, 4.69) is 5.32 Å². The van der Waals surface area contributed by atoms with Crippen LogP contribution in [0.2, 0.25) is 0 Å². The maximum Gasteiger partial charge on any atom is 0.233 e. The lowest BCUT2D eigenvalue weighted by Gasteiger charge is -2.39. The van der Waals surface area contributed by atoms with Crippen molar-refractivity contribution in [2.24, 2.45) is 11.1 Å². The molecule has 0 saturated heterocycles. The number of amides is 1. The van der Waals surface area contributed by atoms with Crippen molar-refractivity contribution in [2.75, 3.05) is 6.54 Å². The van der Waals surface area contributed by atoms with Crippen molar-refractivity contribution >= 4 is 23.1 Å². The molecule has 0 bridgehead atoms. The van der Waals surface area contributed by atoms with Crippen LogP contribution in [0.5, 0.6) is 0 Å². The monoisotopic (exact) mass is 280 g/mol. The zero-order chi connectivity index (χ0) is 13.9. The molecule has 0 aliphatic heterocycles. The number of halogens is 1. The predicted octanol–water partition coefficient (Wildman–Crippen LogP) is 1.94. The fourth-order valence-electron chi connectivity index (χ4n) is 2.30. The molecule has 1 saturated carbocycles. The summed E-state index contributed by atoms with van der Waals surface area (Å²) in [4.78, 5) is 12.4. The maximum absolute atomic E-state index is 13.4. The van der Waals surface area contributed by atoms with Crippen LogP contribution >= 0.6 is 12.2 Å². The molecule has 1 amide bonds. The quantitative estimate of drug-likeness (QED) is 0.810. The van der Waals surface area contributed by atoms with E-state index in [0.717, 1.165) is 6.42 Å². The molecule has 0 aromatic heterocycles. The van der Waals surface area contributed by atoms with E-state index < -0.39 is 5.41 Å².